The topological polar surface area (TPSA) is 84.3 Å². The van der Waals surface area contributed by atoms with Crippen LogP contribution in [0.4, 0.5) is 5.13 Å². The van der Waals surface area contributed by atoms with Gasteiger partial charge in [-0.15, -0.1) is 11.3 Å². The Morgan fingerprint density at radius 3 is 2.53 bits per heavy atom. The maximum absolute atomic E-state index is 12.8. The number of nitrogens with one attached hydrogen (secondary N) is 1. The maximum Gasteiger partial charge on any atom is 0.257 e. The van der Waals surface area contributed by atoms with Crippen molar-refractivity contribution in [2.45, 2.75) is 52.5 Å². The van der Waals surface area contributed by atoms with E-state index in [1.54, 1.807) is 26.0 Å². The first-order valence-electron chi connectivity index (χ1n) is 10.8. The number of aryl methyl sites for hydroxylation is 1. The van der Waals surface area contributed by atoms with Gasteiger partial charge in [0.1, 0.15) is 0 Å². The Kier molecular flexibility index (Phi) is 7.53. The summed E-state index contributed by atoms with van der Waals surface area (Å²) < 4.78 is 29.2. The molecule has 172 valence electrons. The summed E-state index contributed by atoms with van der Waals surface area (Å²) >= 11 is 1.35. The van der Waals surface area contributed by atoms with E-state index in [4.69, 9.17) is 0 Å². The molecule has 0 atom stereocenters. The zero-order valence-corrected chi connectivity index (χ0v) is 20.8. The Bertz CT molecular complexity index is 1210. The summed E-state index contributed by atoms with van der Waals surface area (Å²) in [7, 11) is -3.64. The van der Waals surface area contributed by atoms with E-state index in [0.29, 0.717) is 18.2 Å². The summed E-state index contributed by atoms with van der Waals surface area (Å²) in [5.41, 5.74) is 4.49. The molecule has 3 rings (SSSR count). The molecular formula is C23H30N4O3S2. The first-order valence-corrected chi connectivity index (χ1v) is 13.1. The van der Waals surface area contributed by atoms with Crippen molar-refractivity contribution in [1.82, 2.24) is 13.9 Å². The minimum absolute atomic E-state index is 0.108. The molecule has 2 aromatic heterocycles. The molecule has 0 fully saturated rings. The van der Waals surface area contributed by atoms with E-state index in [9.17, 15) is 13.2 Å². The quantitative estimate of drug-likeness (QED) is 0.477. The van der Waals surface area contributed by atoms with Gasteiger partial charge in [-0.25, -0.2) is 13.4 Å². The van der Waals surface area contributed by atoms with Crippen molar-refractivity contribution in [2.75, 3.05) is 18.4 Å². The van der Waals surface area contributed by atoms with E-state index in [-0.39, 0.29) is 16.4 Å². The van der Waals surface area contributed by atoms with Crippen molar-refractivity contribution in [3.05, 3.63) is 52.7 Å². The van der Waals surface area contributed by atoms with Crippen LogP contribution in [0.25, 0.3) is 11.3 Å². The standard InChI is InChI=1S/C23H30N4O3S2/c1-6-12-27-16(4)13-20(17(27)5)21-15-31-23(24-21)25-22(28)18-10-9-11-19(14-18)32(29,30)26(7-2)8-3/h9-11,13-15H,6-8,12H2,1-5H3,(H,24,25,28). The van der Waals surface area contributed by atoms with Crippen molar-refractivity contribution in [3.63, 3.8) is 0 Å². The Morgan fingerprint density at radius 1 is 1.16 bits per heavy atom. The first-order chi connectivity index (χ1) is 15.2. The smallest absolute Gasteiger partial charge is 0.257 e. The number of benzene rings is 1. The van der Waals surface area contributed by atoms with Crippen LogP contribution in [-0.2, 0) is 16.6 Å². The van der Waals surface area contributed by atoms with Crippen LogP contribution in [-0.4, -0.2) is 41.3 Å². The zero-order valence-electron chi connectivity index (χ0n) is 19.2. The number of carbonyl (C=O) groups is 1. The van der Waals surface area contributed by atoms with Gasteiger partial charge in [-0.05, 0) is 44.5 Å². The molecule has 0 bridgehead atoms. The molecule has 1 N–H and O–H groups in total. The summed E-state index contributed by atoms with van der Waals surface area (Å²) in [6, 6.07) is 8.23. The number of amides is 1. The van der Waals surface area contributed by atoms with Crippen LogP contribution < -0.4 is 5.32 Å². The number of sulfonamides is 1. The number of carbonyl (C=O) groups excluding carboxylic acids is 1. The number of rotatable bonds is 9. The average Bonchev–Trinajstić information content (AvgIpc) is 3.34. The average molecular weight is 475 g/mol. The van der Waals surface area contributed by atoms with Gasteiger partial charge in [0, 0.05) is 47.5 Å². The highest BCUT2D eigenvalue weighted by molar-refractivity contribution is 7.89. The van der Waals surface area contributed by atoms with E-state index in [0.717, 1.165) is 29.9 Å². The van der Waals surface area contributed by atoms with Gasteiger partial charge >= 0.3 is 0 Å². The lowest BCUT2D eigenvalue weighted by Crippen LogP contribution is -2.30. The highest BCUT2D eigenvalue weighted by Crippen LogP contribution is 2.30. The fraction of sp³-hybridized carbons (Fsp3) is 0.391. The van der Waals surface area contributed by atoms with Crippen LogP contribution in [0.3, 0.4) is 0 Å². The lowest BCUT2D eigenvalue weighted by molar-refractivity contribution is 0.102. The lowest BCUT2D eigenvalue weighted by Gasteiger charge is -2.18. The molecule has 0 spiro atoms. The number of hydrogen-bond acceptors (Lipinski definition) is 5. The number of hydrogen-bond donors (Lipinski definition) is 1. The molecule has 3 aromatic rings. The molecule has 1 amide bonds. The minimum Gasteiger partial charge on any atom is -0.348 e. The Hall–Kier alpha value is -2.49. The summed E-state index contributed by atoms with van der Waals surface area (Å²) in [6.07, 6.45) is 1.05. The van der Waals surface area contributed by atoms with Crippen LogP contribution in [0.1, 0.15) is 48.9 Å². The second-order valence-electron chi connectivity index (χ2n) is 7.55. The molecule has 7 nitrogen and oxygen atoms in total. The number of nitrogens with zero attached hydrogens (tertiary/aromatic N) is 3. The summed E-state index contributed by atoms with van der Waals surface area (Å²) in [4.78, 5) is 17.5. The van der Waals surface area contributed by atoms with Crippen molar-refractivity contribution in [2.24, 2.45) is 0 Å². The molecule has 0 aliphatic carbocycles. The third kappa shape index (κ3) is 4.79. The highest BCUT2D eigenvalue weighted by atomic mass is 32.2. The first kappa shape index (κ1) is 24.2. The third-order valence-corrected chi connectivity index (χ3v) is 8.26. The molecule has 9 heteroatoms. The number of aromatic nitrogens is 2. The monoisotopic (exact) mass is 474 g/mol. The Morgan fingerprint density at radius 2 is 1.88 bits per heavy atom. The van der Waals surface area contributed by atoms with Crippen LogP contribution in [0.5, 0.6) is 0 Å². The van der Waals surface area contributed by atoms with Gasteiger partial charge in [0.2, 0.25) is 10.0 Å². The largest absolute Gasteiger partial charge is 0.348 e. The van der Waals surface area contributed by atoms with Crippen LogP contribution >= 0.6 is 11.3 Å². The number of anilines is 1. The predicted molar refractivity (Wildman–Crippen MR) is 130 cm³/mol. The van der Waals surface area contributed by atoms with Gasteiger partial charge in [-0.2, -0.15) is 4.31 Å². The van der Waals surface area contributed by atoms with E-state index in [1.807, 2.05) is 5.38 Å². The molecule has 0 radical (unpaired) electrons. The summed E-state index contributed by atoms with van der Waals surface area (Å²) in [6.45, 7) is 11.6. The molecule has 0 saturated carbocycles. The van der Waals surface area contributed by atoms with Crippen molar-refractivity contribution < 1.29 is 13.2 Å². The van der Waals surface area contributed by atoms with Crippen LogP contribution in [0.15, 0.2) is 40.6 Å². The van der Waals surface area contributed by atoms with Gasteiger partial charge < -0.3 is 4.57 Å². The Labute approximate surface area is 194 Å². The fourth-order valence-corrected chi connectivity index (χ4v) is 5.97. The molecule has 2 heterocycles. The normalized spacial score (nSPS) is 11.8. The van der Waals surface area contributed by atoms with Gasteiger partial charge in [0.05, 0.1) is 10.6 Å². The van der Waals surface area contributed by atoms with Crippen LogP contribution in [0.2, 0.25) is 0 Å². The molecule has 0 aliphatic heterocycles. The fourth-order valence-electron chi connectivity index (χ4n) is 3.76. The molecular weight excluding hydrogens is 444 g/mol. The lowest BCUT2D eigenvalue weighted by atomic mass is 10.2. The van der Waals surface area contributed by atoms with Crippen LogP contribution in [0, 0.1) is 13.8 Å². The van der Waals surface area contributed by atoms with E-state index in [1.165, 1.54) is 33.5 Å². The third-order valence-electron chi connectivity index (χ3n) is 5.46. The predicted octanol–water partition coefficient (Wildman–Crippen LogP) is 4.92. The maximum atomic E-state index is 12.8. The molecule has 0 aliphatic rings. The van der Waals surface area contributed by atoms with Gasteiger partial charge in [0.15, 0.2) is 5.13 Å². The molecule has 0 saturated heterocycles. The van der Waals surface area contributed by atoms with Crippen molar-refractivity contribution in [1.29, 1.82) is 0 Å². The molecule has 0 unspecified atom stereocenters. The summed E-state index contributed by atoms with van der Waals surface area (Å²) in [5.74, 6) is -0.390. The second kappa shape index (κ2) is 9.97. The van der Waals surface area contributed by atoms with E-state index >= 15 is 0 Å². The van der Waals surface area contributed by atoms with Crippen molar-refractivity contribution in [3.8, 4) is 11.3 Å². The zero-order chi connectivity index (χ0) is 23.5. The molecule has 1 aromatic carbocycles. The van der Waals surface area contributed by atoms with Crippen molar-refractivity contribution >= 4 is 32.4 Å². The van der Waals surface area contributed by atoms with E-state index < -0.39 is 10.0 Å². The second-order valence-corrected chi connectivity index (χ2v) is 10.3. The minimum atomic E-state index is -3.64. The molecule has 32 heavy (non-hydrogen) atoms. The van der Waals surface area contributed by atoms with Gasteiger partial charge in [-0.1, -0.05) is 26.8 Å². The number of thiazole rings is 1. The Balaban J connectivity index is 1.81. The summed E-state index contributed by atoms with van der Waals surface area (Å²) in [5, 5.41) is 5.20. The highest BCUT2D eigenvalue weighted by Gasteiger charge is 2.23. The van der Waals surface area contributed by atoms with Gasteiger partial charge in [-0.3, -0.25) is 10.1 Å². The SMILES string of the molecule is CCCn1c(C)cc(-c2csc(NC(=O)c3cccc(S(=O)(=O)N(CC)CC)c3)n2)c1C. The van der Waals surface area contributed by atoms with E-state index in [2.05, 4.69) is 41.7 Å². The van der Waals surface area contributed by atoms with Gasteiger partial charge in [0.25, 0.3) is 5.91 Å².